The summed E-state index contributed by atoms with van der Waals surface area (Å²) in [5.74, 6) is 0. The summed E-state index contributed by atoms with van der Waals surface area (Å²) in [6.45, 7) is -0.569. The molecule has 15 heavy (non-hydrogen) atoms. The molecule has 2 rings (SSSR count). The highest BCUT2D eigenvalue weighted by Crippen LogP contribution is 2.50. The Bertz CT molecular complexity index is 339. The van der Waals surface area contributed by atoms with Crippen molar-refractivity contribution in [2.45, 2.75) is 36.5 Å². The molecular weight excluding hydrogens is 221 g/mol. The fourth-order valence-electron chi connectivity index (χ4n) is 2.22. The fourth-order valence-corrected chi connectivity index (χ4v) is 4.53. The number of hydrogen-bond donors (Lipinski definition) is 1. The number of sulfonamides is 1. The number of nitrogens with zero attached hydrogens (tertiary/aromatic N) is 1. The second-order valence-electron chi connectivity index (χ2n) is 4.46. The molecule has 1 spiro atoms. The van der Waals surface area contributed by atoms with Gasteiger partial charge in [0, 0.05) is 13.1 Å². The normalized spacial score (nSPS) is 30.3. The maximum atomic E-state index is 12.1. The molecule has 1 heterocycles. The van der Waals surface area contributed by atoms with E-state index in [1.165, 1.54) is 4.31 Å². The third kappa shape index (κ3) is 1.79. The number of aliphatic hydroxyl groups is 1. The minimum atomic E-state index is -3.29. The maximum absolute atomic E-state index is 12.1. The molecule has 1 aliphatic heterocycles. The minimum Gasteiger partial charge on any atom is -0.389 e. The number of rotatable bonds is 3. The van der Waals surface area contributed by atoms with Gasteiger partial charge in [-0.2, -0.15) is 4.31 Å². The van der Waals surface area contributed by atoms with E-state index in [1.54, 1.807) is 0 Å². The van der Waals surface area contributed by atoms with Crippen LogP contribution in [0.5, 0.6) is 0 Å². The predicted molar refractivity (Wildman–Crippen MR) is 53.7 cm³/mol. The fraction of sp³-hybridized carbons (Fsp3) is 1.00. The van der Waals surface area contributed by atoms with Gasteiger partial charge in [-0.15, -0.1) is 0 Å². The molecule has 2 fully saturated rings. The first-order valence-corrected chi connectivity index (χ1v) is 6.70. The monoisotopic (exact) mass is 237 g/mol. The molecule has 1 aliphatic carbocycles. The second kappa shape index (κ2) is 3.68. The lowest BCUT2D eigenvalue weighted by Gasteiger charge is -2.33. The summed E-state index contributed by atoms with van der Waals surface area (Å²) in [5, 5.41) is 9.15. The highest BCUT2D eigenvalue weighted by molar-refractivity contribution is 7.90. The van der Waals surface area contributed by atoms with Gasteiger partial charge in [-0.3, -0.25) is 0 Å². The summed E-state index contributed by atoms with van der Waals surface area (Å²) in [5.41, 5.74) is 0. The van der Waals surface area contributed by atoms with E-state index in [2.05, 4.69) is 0 Å². The summed E-state index contributed by atoms with van der Waals surface area (Å²) >= 11 is 0. The van der Waals surface area contributed by atoms with E-state index in [0.717, 1.165) is 25.7 Å². The van der Waals surface area contributed by atoms with Crippen LogP contribution in [-0.4, -0.2) is 48.4 Å². The van der Waals surface area contributed by atoms with Crippen molar-refractivity contribution in [1.29, 1.82) is 0 Å². The van der Waals surface area contributed by atoms with Crippen molar-refractivity contribution in [3.63, 3.8) is 0 Å². The summed E-state index contributed by atoms with van der Waals surface area (Å²) in [6.07, 6.45) is 1.79. The van der Waals surface area contributed by atoms with Crippen LogP contribution in [0.2, 0.25) is 0 Å². The predicted octanol–water partition coefficient (Wildman–Crippen LogP) is 0.275. The van der Waals surface area contributed by atoms with Gasteiger partial charge in [0.25, 0.3) is 0 Å². The van der Waals surface area contributed by atoms with Crippen molar-refractivity contribution in [2.75, 3.05) is 19.8 Å². The van der Waals surface area contributed by atoms with Crippen LogP contribution in [0.4, 0.5) is 4.39 Å². The van der Waals surface area contributed by atoms with Crippen LogP contribution in [0.3, 0.4) is 0 Å². The number of aliphatic hydroxyl groups excluding tert-OH is 1. The van der Waals surface area contributed by atoms with Crippen LogP contribution in [0.15, 0.2) is 0 Å². The molecule has 0 aromatic heterocycles. The molecule has 1 atom stereocenters. The Morgan fingerprint density at radius 3 is 2.60 bits per heavy atom. The average Bonchev–Trinajstić information content (AvgIpc) is 2.95. The third-order valence-electron chi connectivity index (χ3n) is 3.33. The van der Waals surface area contributed by atoms with Gasteiger partial charge in [0.2, 0.25) is 10.0 Å². The Balaban J connectivity index is 2.11. The van der Waals surface area contributed by atoms with Crippen molar-refractivity contribution < 1.29 is 17.9 Å². The van der Waals surface area contributed by atoms with Crippen molar-refractivity contribution in [2.24, 2.45) is 0 Å². The topological polar surface area (TPSA) is 57.6 Å². The smallest absolute Gasteiger partial charge is 0.219 e. The Morgan fingerprint density at radius 2 is 2.07 bits per heavy atom. The first-order valence-electron chi connectivity index (χ1n) is 5.26. The molecule has 0 bridgehead atoms. The lowest BCUT2D eigenvalue weighted by Crippen LogP contribution is -2.48. The molecular formula is C9H16FNO3S. The molecule has 1 saturated heterocycles. The Labute approximate surface area is 89.1 Å². The lowest BCUT2D eigenvalue weighted by atomic mass is 10.2. The zero-order chi connectivity index (χ0) is 11.1. The van der Waals surface area contributed by atoms with E-state index in [4.69, 9.17) is 5.11 Å². The number of halogens is 1. The maximum Gasteiger partial charge on any atom is 0.219 e. The van der Waals surface area contributed by atoms with E-state index in [1.807, 2.05) is 0 Å². The van der Waals surface area contributed by atoms with Gasteiger partial charge in [0.1, 0.15) is 6.67 Å². The third-order valence-corrected chi connectivity index (χ3v) is 6.05. The molecule has 2 aliphatic rings. The Kier molecular flexibility index (Phi) is 2.77. The van der Waals surface area contributed by atoms with Gasteiger partial charge in [0.15, 0.2) is 0 Å². The van der Waals surface area contributed by atoms with E-state index in [0.29, 0.717) is 6.54 Å². The van der Waals surface area contributed by atoms with Gasteiger partial charge in [-0.05, 0) is 25.7 Å². The van der Waals surface area contributed by atoms with Crippen LogP contribution in [0, 0.1) is 0 Å². The van der Waals surface area contributed by atoms with E-state index >= 15 is 0 Å². The zero-order valence-corrected chi connectivity index (χ0v) is 9.34. The molecule has 0 aromatic rings. The van der Waals surface area contributed by atoms with Gasteiger partial charge in [-0.1, -0.05) is 0 Å². The van der Waals surface area contributed by atoms with E-state index < -0.39 is 27.5 Å². The standard InChI is InChI=1S/C9H16FNO3S/c10-6-8(12)7-11-5-1-2-9(3-4-9)15(11,13)14/h8,12H,1-7H2. The zero-order valence-electron chi connectivity index (χ0n) is 8.52. The van der Waals surface area contributed by atoms with Crippen LogP contribution in [-0.2, 0) is 10.0 Å². The van der Waals surface area contributed by atoms with Crippen LogP contribution in [0.25, 0.3) is 0 Å². The lowest BCUT2D eigenvalue weighted by molar-refractivity contribution is 0.113. The number of alkyl halides is 1. The van der Waals surface area contributed by atoms with E-state index in [-0.39, 0.29) is 6.54 Å². The van der Waals surface area contributed by atoms with Gasteiger partial charge < -0.3 is 5.11 Å². The van der Waals surface area contributed by atoms with Gasteiger partial charge in [0.05, 0.1) is 10.9 Å². The van der Waals surface area contributed by atoms with Crippen molar-refractivity contribution in [3.8, 4) is 0 Å². The number of hydrogen-bond acceptors (Lipinski definition) is 3. The quantitative estimate of drug-likeness (QED) is 0.767. The van der Waals surface area contributed by atoms with E-state index in [9.17, 15) is 12.8 Å². The van der Waals surface area contributed by atoms with Crippen LogP contribution in [0.1, 0.15) is 25.7 Å². The Hall–Kier alpha value is -0.200. The first-order chi connectivity index (χ1) is 7.02. The largest absolute Gasteiger partial charge is 0.389 e. The molecule has 1 unspecified atom stereocenters. The highest BCUT2D eigenvalue weighted by Gasteiger charge is 2.58. The molecule has 0 radical (unpaired) electrons. The highest BCUT2D eigenvalue weighted by atomic mass is 32.2. The molecule has 6 heteroatoms. The van der Waals surface area contributed by atoms with Crippen molar-refractivity contribution in [3.05, 3.63) is 0 Å². The molecule has 1 saturated carbocycles. The van der Waals surface area contributed by atoms with Crippen molar-refractivity contribution in [1.82, 2.24) is 4.31 Å². The summed E-state index contributed by atoms with van der Waals surface area (Å²) in [6, 6.07) is 0. The SMILES string of the molecule is O=S1(=O)N(CC(O)CF)CCCC12CC2. The minimum absolute atomic E-state index is 0.0966. The number of β-amino-alcohol motifs (C(OH)–C–C–N with tert-alkyl or cyclic N) is 1. The van der Waals surface area contributed by atoms with Crippen LogP contribution >= 0.6 is 0 Å². The average molecular weight is 237 g/mol. The summed E-state index contributed by atoms with van der Waals surface area (Å²) < 4.78 is 36.9. The second-order valence-corrected chi connectivity index (χ2v) is 6.79. The van der Waals surface area contributed by atoms with Crippen molar-refractivity contribution >= 4 is 10.0 Å². The molecule has 88 valence electrons. The van der Waals surface area contributed by atoms with Crippen LogP contribution < -0.4 is 0 Å². The molecule has 0 aromatic carbocycles. The molecule has 4 nitrogen and oxygen atoms in total. The first kappa shape index (κ1) is 11.3. The van der Waals surface area contributed by atoms with Gasteiger partial charge in [-0.25, -0.2) is 12.8 Å². The van der Waals surface area contributed by atoms with Gasteiger partial charge >= 0.3 is 0 Å². The molecule has 0 amide bonds. The molecule has 1 N–H and O–H groups in total. The Morgan fingerprint density at radius 1 is 1.40 bits per heavy atom. The summed E-state index contributed by atoms with van der Waals surface area (Å²) in [4.78, 5) is 0. The summed E-state index contributed by atoms with van der Waals surface area (Å²) in [7, 11) is -3.29.